The first-order valence-electron chi connectivity index (χ1n) is 8.49. The number of hydrogen-bond donors (Lipinski definition) is 2. The van der Waals surface area contributed by atoms with E-state index in [9.17, 15) is 14.7 Å². The number of carboxylic acid groups (broad SMARTS) is 1. The van der Waals surface area contributed by atoms with E-state index in [1.54, 1.807) is 13.8 Å². The van der Waals surface area contributed by atoms with Gasteiger partial charge in [-0.2, -0.15) is 5.10 Å². The van der Waals surface area contributed by atoms with Crippen molar-refractivity contribution in [3.63, 3.8) is 0 Å². The molecule has 25 heavy (non-hydrogen) atoms. The molecule has 0 spiro atoms. The first-order chi connectivity index (χ1) is 11.8. The van der Waals surface area contributed by atoms with E-state index in [1.165, 1.54) is 5.56 Å². The molecule has 3 rings (SSSR count). The van der Waals surface area contributed by atoms with Gasteiger partial charge in [-0.25, -0.2) is 4.68 Å². The van der Waals surface area contributed by atoms with Gasteiger partial charge in [-0.1, -0.05) is 17.7 Å². The third-order valence-corrected chi connectivity index (χ3v) is 4.69. The van der Waals surface area contributed by atoms with Crippen LogP contribution in [-0.2, 0) is 17.6 Å². The number of aliphatic carboxylic acids is 1. The lowest BCUT2D eigenvalue weighted by atomic mass is 9.94. The molecule has 1 amide bonds. The Morgan fingerprint density at radius 2 is 1.92 bits per heavy atom. The predicted octanol–water partition coefficient (Wildman–Crippen LogP) is 2.51. The zero-order chi connectivity index (χ0) is 18.2. The summed E-state index contributed by atoms with van der Waals surface area (Å²) in [5.74, 6) is -1.25. The van der Waals surface area contributed by atoms with Gasteiger partial charge in [0.25, 0.3) is 5.91 Å². The summed E-state index contributed by atoms with van der Waals surface area (Å²) in [7, 11) is 0. The third kappa shape index (κ3) is 3.29. The summed E-state index contributed by atoms with van der Waals surface area (Å²) in [6.07, 6.45) is 2.72. The number of fused-ring (bicyclic) bond motifs is 1. The van der Waals surface area contributed by atoms with Gasteiger partial charge >= 0.3 is 5.97 Å². The number of rotatable bonds is 5. The average Bonchev–Trinajstić information content (AvgIpc) is 3.16. The van der Waals surface area contributed by atoms with Crippen molar-refractivity contribution in [3.05, 3.63) is 46.8 Å². The first kappa shape index (κ1) is 17.2. The number of amides is 1. The molecule has 132 valence electrons. The molecule has 0 atom stereocenters. The molecular formula is C19H23N3O3. The van der Waals surface area contributed by atoms with Crippen LogP contribution in [0.3, 0.4) is 0 Å². The average molecular weight is 341 g/mol. The zero-order valence-corrected chi connectivity index (χ0v) is 14.8. The predicted molar refractivity (Wildman–Crippen MR) is 94.1 cm³/mol. The van der Waals surface area contributed by atoms with E-state index in [0.29, 0.717) is 5.69 Å². The molecule has 1 aromatic heterocycles. The Kier molecular flexibility index (Phi) is 4.37. The normalized spacial score (nSPS) is 13.6. The number of hydrogen-bond acceptors (Lipinski definition) is 3. The second-order valence-corrected chi connectivity index (χ2v) is 7.25. The maximum atomic E-state index is 12.6. The SMILES string of the molecule is Cc1ccc(-n2nc(C(=O)NCC(C)(C)C(=O)O)c3c2CCC3)cc1. The molecule has 2 aromatic rings. The molecule has 0 fully saturated rings. The van der Waals surface area contributed by atoms with Crippen LogP contribution in [0.4, 0.5) is 0 Å². The van der Waals surface area contributed by atoms with Gasteiger partial charge in [0.05, 0.1) is 11.1 Å². The maximum Gasteiger partial charge on any atom is 0.310 e. The van der Waals surface area contributed by atoms with E-state index >= 15 is 0 Å². The molecule has 1 aromatic carbocycles. The molecular weight excluding hydrogens is 318 g/mol. The molecule has 1 aliphatic rings. The van der Waals surface area contributed by atoms with Gasteiger partial charge in [0.2, 0.25) is 0 Å². The van der Waals surface area contributed by atoms with Gasteiger partial charge in [-0.05, 0) is 52.2 Å². The van der Waals surface area contributed by atoms with Crippen LogP contribution < -0.4 is 5.32 Å². The highest BCUT2D eigenvalue weighted by molar-refractivity contribution is 5.94. The number of aromatic nitrogens is 2. The molecule has 0 saturated carbocycles. The molecule has 6 heteroatoms. The molecule has 0 aliphatic heterocycles. The summed E-state index contributed by atoms with van der Waals surface area (Å²) in [6, 6.07) is 8.03. The summed E-state index contributed by atoms with van der Waals surface area (Å²) in [6.45, 7) is 5.27. The molecule has 0 unspecified atom stereocenters. The van der Waals surface area contributed by atoms with Crippen LogP contribution in [0.15, 0.2) is 24.3 Å². The van der Waals surface area contributed by atoms with Crippen molar-refractivity contribution in [2.24, 2.45) is 5.41 Å². The Bertz CT molecular complexity index is 819. The van der Waals surface area contributed by atoms with Crippen molar-refractivity contribution < 1.29 is 14.7 Å². The number of aryl methyl sites for hydroxylation is 1. The van der Waals surface area contributed by atoms with Crippen LogP contribution in [0.1, 0.15) is 47.6 Å². The van der Waals surface area contributed by atoms with Crippen LogP contribution in [0.2, 0.25) is 0 Å². The molecule has 6 nitrogen and oxygen atoms in total. The molecule has 2 N–H and O–H groups in total. The van der Waals surface area contributed by atoms with E-state index < -0.39 is 11.4 Å². The van der Waals surface area contributed by atoms with Crippen molar-refractivity contribution >= 4 is 11.9 Å². The fourth-order valence-electron chi connectivity index (χ4n) is 2.98. The maximum absolute atomic E-state index is 12.6. The zero-order valence-electron chi connectivity index (χ0n) is 14.8. The van der Waals surface area contributed by atoms with Gasteiger partial charge in [-0.3, -0.25) is 9.59 Å². The molecule has 0 saturated heterocycles. The quantitative estimate of drug-likeness (QED) is 0.875. The van der Waals surface area contributed by atoms with E-state index in [4.69, 9.17) is 0 Å². The Morgan fingerprint density at radius 3 is 2.56 bits per heavy atom. The first-order valence-corrected chi connectivity index (χ1v) is 8.49. The summed E-state index contributed by atoms with van der Waals surface area (Å²) in [4.78, 5) is 23.8. The number of nitrogens with zero attached hydrogens (tertiary/aromatic N) is 2. The fourth-order valence-corrected chi connectivity index (χ4v) is 2.98. The van der Waals surface area contributed by atoms with E-state index in [1.807, 2.05) is 35.9 Å². The lowest BCUT2D eigenvalue weighted by Crippen LogP contribution is -2.39. The van der Waals surface area contributed by atoms with Crippen LogP contribution in [-0.4, -0.2) is 33.3 Å². The Morgan fingerprint density at radius 1 is 1.24 bits per heavy atom. The van der Waals surface area contributed by atoms with Crippen molar-refractivity contribution in [3.8, 4) is 5.69 Å². The highest BCUT2D eigenvalue weighted by atomic mass is 16.4. The van der Waals surface area contributed by atoms with Gasteiger partial charge in [0.1, 0.15) is 0 Å². The van der Waals surface area contributed by atoms with Crippen molar-refractivity contribution in [2.45, 2.75) is 40.0 Å². The minimum atomic E-state index is -1.02. The lowest BCUT2D eigenvalue weighted by molar-refractivity contribution is -0.146. The van der Waals surface area contributed by atoms with Crippen molar-refractivity contribution in [2.75, 3.05) is 6.54 Å². The van der Waals surface area contributed by atoms with Crippen molar-refractivity contribution in [1.29, 1.82) is 0 Å². The van der Waals surface area contributed by atoms with Crippen LogP contribution >= 0.6 is 0 Å². The number of carbonyl (C=O) groups is 2. The highest BCUT2D eigenvalue weighted by Gasteiger charge is 2.30. The number of nitrogens with one attached hydrogen (secondary N) is 1. The topological polar surface area (TPSA) is 84.2 Å². The largest absolute Gasteiger partial charge is 0.481 e. The summed E-state index contributed by atoms with van der Waals surface area (Å²) >= 11 is 0. The van der Waals surface area contributed by atoms with Gasteiger partial charge < -0.3 is 10.4 Å². The van der Waals surface area contributed by atoms with Gasteiger partial charge in [-0.15, -0.1) is 0 Å². The lowest BCUT2D eigenvalue weighted by Gasteiger charge is -2.19. The highest BCUT2D eigenvalue weighted by Crippen LogP contribution is 2.28. The monoisotopic (exact) mass is 341 g/mol. The second-order valence-electron chi connectivity index (χ2n) is 7.25. The van der Waals surface area contributed by atoms with E-state index in [2.05, 4.69) is 10.4 Å². The van der Waals surface area contributed by atoms with Crippen LogP contribution in [0.5, 0.6) is 0 Å². The number of benzene rings is 1. The summed E-state index contributed by atoms with van der Waals surface area (Å²) < 4.78 is 1.85. The number of carboxylic acids is 1. The minimum absolute atomic E-state index is 0.0628. The number of carbonyl (C=O) groups excluding carboxylic acids is 1. The summed E-state index contributed by atoms with van der Waals surface area (Å²) in [5, 5.41) is 16.4. The minimum Gasteiger partial charge on any atom is -0.481 e. The van der Waals surface area contributed by atoms with E-state index in [-0.39, 0.29) is 12.5 Å². The Hall–Kier alpha value is -2.63. The summed E-state index contributed by atoms with van der Waals surface area (Å²) in [5.41, 5.74) is 3.56. The van der Waals surface area contributed by atoms with Gasteiger partial charge in [0.15, 0.2) is 5.69 Å². The van der Waals surface area contributed by atoms with E-state index in [0.717, 1.165) is 36.2 Å². The Balaban J connectivity index is 1.88. The molecule has 0 bridgehead atoms. The fraction of sp³-hybridized carbons (Fsp3) is 0.421. The van der Waals surface area contributed by atoms with Crippen molar-refractivity contribution in [1.82, 2.24) is 15.1 Å². The van der Waals surface area contributed by atoms with Crippen LogP contribution in [0.25, 0.3) is 5.69 Å². The standard InChI is InChI=1S/C19H23N3O3/c1-12-7-9-13(10-8-12)22-15-6-4-5-14(15)16(21-22)17(23)20-11-19(2,3)18(24)25/h7-10H,4-6,11H2,1-3H3,(H,20,23)(H,24,25). The molecule has 0 radical (unpaired) electrons. The Labute approximate surface area is 146 Å². The third-order valence-electron chi connectivity index (χ3n) is 4.69. The molecule has 1 heterocycles. The smallest absolute Gasteiger partial charge is 0.310 e. The molecule has 1 aliphatic carbocycles. The van der Waals surface area contributed by atoms with Crippen LogP contribution in [0, 0.1) is 12.3 Å². The van der Waals surface area contributed by atoms with Gasteiger partial charge in [0, 0.05) is 17.8 Å². The second kappa shape index (κ2) is 6.35.